The van der Waals surface area contributed by atoms with Gasteiger partial charge in [-0.15, -0.1) is 0 Å². The maximum absolute atomic E-state index is 13.3. The number of ketones is 2. The minimum atomic E-state index is -1.98. The summed E-state index contributed by atoms with van der Waals surface area (Å²) in [6, 6.07) is 24.7. The van der Waals surface area contributed by atoms with E-state index in [-0.39, 0.29) is 0 Å². The van der Waals surface area contributed by atoms with E-state index in [9.17, 15) is 14.4 Å². The van der Waals surface area contributed by atoms with E-state index < -0.39 is 23.3 Å². The van der Waals surface area contributed by atoms with Gasteiger partial charge in [-0.05, 0) is 36.9 Å². The molecule has 3 heterocycles. The van der Waals surface area contributed by atoms with Crippen LogP contribution < -0.4 is 5.32 Å². The van der Waals surface area contributed by atoms with E-state index >= 15 is 0 Å². The number of benzene rings is 2. The number of para-hydroxylation sites is 1. The third-order valence-corrected chi connectivity index (χ3v) is 7.08. The predicted molar refractivity (Wildman–Crippen MR) is 140 cm³/mol. The molecule has 2 aromatic heterocycles. The van der Waals surface area contributed by atoms with Crippen LogP contribution in [0.3, 0.4) is 0 Å². The minimum absolute atomic E-state index is 0.384. The Bertz CT molecular complexity index is 1490. The van der Waals surface area contributed by atoms with Gasteiger partial charge in [-0.3, -0.25) is 9.59 Å². The van der Waals surface area contributed by atoms with E-state index in [1.807, 2.05) is 96.5 Å². The Morgan fingerprint density at radius 3 is 2.11 bits per heavy atom. The van der Waals surface area contributed by atoms with Gasteiger partial charge in [-0.1, -0.05) is 54.6 Å². The van der Waals surface area contributed by atoms with E-state index in [0.29, 0.717) is 48.6 Å². The number of piperazine rings is 1. The SMILES string of the molecule is CN1CCN(C(=O)OC2(c3c(-c4ccccc4)c(Nc4ccccc4)n4ccccc34)C(=O)C2=O)CC1. The van der Waals surface area contributed by atoms with Gasteiger partial charge < -0.3 is 24.3 Å². The van der Waals surface area contributed by atoms with Crippen molar-refractivity contribution in [1.29, 1.82) is 0 Å². The maximum atomic E-state index is 13.3. The van der Waals surface area contributed by atoms with Crippen LogP contribution in [0.1, 0.15) is 5.56 Å². The van der Waals surface area contributed by atoms with E-state index in [0.717, 1.165) is 11.3 Å². The van der Waals surface area contributed by atoms with Crippen LogP contribution in [0.15, 0.2) is 85.1 Å². The molecule has 0 bridgehead atoms. The quantitative estimate of drug-likeness (QED) is 0.333. The fourth-order valence-corrected chi connectivity index (χ4v) is 5.01. The van der Waals surface area contributed by atoms with Crippen LogP contribution in [0.5, 0.6) is 0 Å². The predicted octanol–water partition coefficient (Wildman–Crippen LogP) is 4.08. The molecule has 6 rings (SSSR count). The molecule has 1 saturated heterocycles. The number of carbonyl (C=O) groups excluding carboxylic acids is 3. The first-order chi connectivity index (χ1) is 18.0. The van der Waals surface area contributed by atoms with Gasteiger partial charge in [0.25, 0.3) is 17.2 Å². The zero-order chi connectivity index (χ0) is 25.6. The molecule has 0 radical (unpaired) electrons. The number of anilines is 2. The van der Waals surface area contributed by atoms with E-state index in [1.54, 1.807) is 4.90 Å². The van der Waals surface area contributed by atoms with Crippen molar-refractivity contribution in [3.05, 3.63) is 90.6 Å². The van der Waals surface area contributed by atoms with Gasteiger partial charge in [-0.2, -0.15) is 0 Å². The number of amides is 1. The standard InChI is InChI=1S/C29H26N4O4/c1-31-16-18-32(19-17-31)28(36)37-29(25(34)26(29)35)24-22-14-8-9-15-33(22)27(30-21-12-6-3-7-13-21)23(24)20-10-4-2-5-11-20/h2-15,30H,16-19H2,1H3. The number of carbonyl (C=O) groups is 3. The number of aromatic nitrogens is 1. The van der Waals surface area contributed by atoms with Crippen molar-refractivity contribution in [2.45, 2.75) is 5.60 Å². The van der Waals surface area contributed by atoms with Crippen molar-refractivity contribution in [1.82, 2.24) is 14.2 Å². The molecule has 8 nitrogen and oxygen atoms in total. The lowest BCUT2D eigenvalue weighted by atomic mass is 9.96. The molecule has 0 atom stereocenters. The van der Waals surface area contributed by atoms with E-state index in [4.69, 9.17) is 4.74 Å². The molecular weight excluding hydrogens is 468 g/mol. The number of nitrogens with one attached hydrogen (secondary N) is 1. The molecule has 8 heteroatoms. The largest absolute Gasteiger partial charge is 0.420 e. The number of nitrogens with zero attached hydrogens (tertiary/aromatic N) is 3. The molecule has 0 spiro atoms. The van der Waals surface area contributed by atoms with Crippen LogP contribution >= 0.6 is 0 Å². The smallest absolute Gasteiger partial charge is 0.411 e. The van der Waals surface area contributed by atoms with Crippen LogP contribution in [0.4, 0.5) is 16.3 Å². The molecule has 186 valence electrons. The van der Waals surface area contributed by atoms with Crippen LogP contribution in [-0.2, 0) is 19.9 Å². The average Bonchev–Trinajstić information content (AvgIpc) is 3.27. The number of Topliss-reactive ketones (excluding diaryl/α,β-unsaturated/α-hetero) is 2. The molecule has 37 heavy (non-hydrogen) atoms. The summed E-state index contributed by atoms with van der Waals surface area (Å²) in [5, 5.41) is 3.47. The van der Waals surface area contributed by atoms with Crippen LogP contribution in [0.2, 0.25) is 0 Å². The van der Waals surface area contributed by atoms with Crippen molar-refractivity contribution in [2.75, 3.05) is 38.5 Å². The Balaban J connectivity index is 1.54. The summed E-state index contributed by atoms with van der Waals surface area (Å²) in [7, 11) is 1.98. The van der Waals surface area contributed by atoms with Gasteiger partial charge in [0.1, 0.15) is 5.82 Å². The topological polar surface area (TPSA) is 83.4 Å². The molecule has 1 N–H and O–H groups in total. The highest BCUT2D eigenvalue weighted by molar-refractivity contribution is 6.66. The van der Waals surface area contributed by atoms with Crippen LogP contribution in [0.25, 0.3) is 16.6 Å². The summed E-state index contributed by atoms with van der Waals surface area (Å²) in [6.45, 7) is 2.33. The highest BCUT2D eigenvalue weighted by atomic mass is 16.6. The monoisotopic (exact) mass is 494 g/mol. The Hall–Kier alpha value is -4.43. The molecule has 0 unspecified atom stereocenters. The number of ether oxygens (including phenoxy) is 1. The Labute approximate surface area is 214 Å². The van der Waals surface area contributed by atoms with Crippen molar-refractivity contribution < 1.29 is 19.1 Å². The van der Waals surface area contributed by atoms with E-state index in [1.165, 1.54) is 0 Å². The number of hydrogen-bond acceptors (Lipinski definition) is 6. The summed E-state index contributed by atoms with van der Waals surface area (Å²) < 4.78 is 7.79. The molecule has 1 saturated carbocycles. The van der Waals surface area contributed by atoms with Crippen LogP contribution in [-0.4, -0.2) is 65.1 Å². The first-order valence-corrected chi connectivity index (χ1v) is 12.3. The fraction of sp³-hybridized carbons (Fsp3) is 0.207. The fourth-order valence-electron chi connectivity index (χ4n) is 5.01. The van der Waals surface area contributed by atoms with Crippen molar-refractivity contribution in [2.24, 2.45) is 0 Å². The number of fused-ring (bicyclic) bond motifs is 1. The van der Waals surface area contributed by atoms with Crippen molar-refractivity contribution in [3.8, 4) is 11.1 Å². The number of rotatable bonds is 5. The molecule has 1 aliphatic heterocycles. The molecule has 1 amide bonds. The van der Waals surface area contributed by atoms with E-state index in [2.05, 4.69) is 10.2 Å². The third-order valence-electron chi connectivity index (χ3n) is 7.08. The zero-order valence-electron chi connectivity index (χ0n) is 20.4. The summed E-state index contributed by atoms with van der Waals surface area (Å²) in [6.07, 6.45) is 1.21. The summed E-state index contributed by atoms with van der Waals surface area (Å²) >= 11 is 0. The average molecular weight is 495 g/mol. The number of pyridine rings is 1. The lowest BCUT2D eigenvalue weighted by Gasteiger charge is -2.32. The zero-order valence-corrected chi connectivity index (χ0v) is 20.4. The van der Waals surface area contributed by atoms with Gasteiger partial charge in [0.15, 0.2) is 0 Å². The summed E-state index contributed by atoms with van der Waals surface area (Å²) in [5.74, 6) is -0.755. The van der Waals surface area contributed by atoms with Gasteiger partial charge in [0, 0.05) is 49.2 Å². The van der Waals surface area contributed by atoms with Gasteiger partial charge in [0.05, 0.1) is 5.52 Å². The minimum Gasteiger partial charge on any atom is -0.420 e. The van der Waals surface area contributed by atoms with Gasteiger partial charge in [0.2, 0.25) is 0 Å². The van der Waals surface area contributed by atoms with Crippen LogP contribution in [0, 0.1) is 0 Å². The second-order valence-electron chi connectivity index (χ2n) is 9.41. The molecule has 2 aromatic carbocycles. The summed E-state index contributed by atoms with van der Waals surface area (Å²) in [4.78, 5) is 43.2. The highest BCUT2D eigenvalue weighted by Gasteiger charge is 2.73. The third kappa shape index (κ3) is 3.77. The molecular formula is C29H26N4O4. The molecule has 2 fully saturated rings. The summed E-state index contributed by atoms with van der Waals surface area (Å²) in [5.41, 5.74) is 1.30. The lowest BCUT2D eigenvalue weighted by molar-refractivity contribution is -0.122. The first-order valence-electron chi connectivity index (χ1n) is 12.3. The number of likely N-dealkylation sites (N-methyl/N-ethyl adjacent to an activating group) is 1. The first kappa shape index (κ1) is 23.0. The second kappa shape index (κ2) is 8.90. The molecule has 4 aromatic rings. The highest BCUT2D eigenvalue weighted by Crippen LogP contribution is 2.52. The van der Waals surface area contributed by atoms with Gasteiger partial charge in [-0.25, -0.2) is 4.79 Å². The normalized spacial score (nSPS) is 17.2. The van der Waals surface area contributed by atoms with Crippen molar-refractivity contribution >= 4 is 34.7 Å². The molecule has 1 aliphatic carbocycles. The maximum Gasteiger partial charge on any atom is 0.411 e. The molecule has 2 aliphatic rings. The Morgan fingerprint density at radius 1 is 0.838 bits per heavy atom. The number of hydrogen-bond donors (Lipinski definition) is 1. The Morgan fingerprint density at radius 2 is 1.46 bits per heavy atom. The Kier molecular flexibility index (Phi) is 5.53. The second-order valence-corrected chi connectivity index (χ2v) is 9.41. The van der Waals surface area contributed by atoms with Crippen molar-refractivity contribution in [3.63, 3.8) is 0 Å². The lowest BCUT2D eigenvalue weighted by Crippen LogP contribution is -2.48. The van der Waals surface area contributed by atoms with Gasteiger partial charge >= 0.3 is 6.09 Å².